The van der Waals surface area contributed by atoms with E-state index < -0.39 is 0 Å². The summed E-state index contributed by atoms with van der Waals surface area (Å²) < 4.78 is 4.49. The van der Waals surface area contributed by atoms with E-state index in [9.17, 15) is 4.79 Å². The van der Waals surface area contributed by atoms with Crippen LogP contribution in [0.2, 0.25) is 5.15 Å². The Hall–Kier alpha value is -1.09. The molecular weight excluding hydrogens is 178 g/mol. The minimum Gasteiger partial charge on any atom is -0.469 e. The zero-order chi connectivity index (χ0) is 8.97. The highest BCUT2D eigenvalue weighted by molar-refractivity contribution is 6.29. The lowest BCUT2D eigenvalue weighted by atomic mass is 10.2. The normalized spacial score (nSPS) is 9.50. The summed E-state index contributed by atoms with van der Waals surface area (Å²) in [6.45, 7) is 0. The quantitative estimate of drug-likeness (QED) is 0.517. The standard InChI is InChI=1S/C8H8ClNO2/c1-12-8(11)5-6-2-3-10-7(9)4-6/h2-4H,5H2,1H3. The van der Waals surface area contributed by atoms with Crippen molar-refractivity contribution < 1.29 is 9.53 Å². The van der Waals surface area contributed by atoms with Crippen molar-refractivity contribution in [2.75, 3.05) is 7.11 Å². The van der Waals surface area contributed by atoms with Crippen LogP contribution in [0.3, 0.4) is 0 Å². The summed E-state index contributed by atoms with van der Waals surface area (Å²) in [7, 11) is 1.35. The minimum absolute atomic E-state index is 0.235. The van der Waals surface area contributed by atoms with Gasteiger partial charge in [0.25, 0.3) is 0 Å². The number of rotatable bonds is 2. The van der Waals surface area contributed by atoms with Crippen molar-refractivity contribution in [1.29, 1.82) is 0 Å². The Morgan fingerprint density at radius 2 is 2.50 bits per heavy atom. The highest BCUT2D eigenvalue weighted by Gasteiger charge is 2.02. The molecule has 0 aliphatic rings. The first kappa shape index (κ1) is 9.00. The minimum atomic E-state index is -0.280. The first-order valence-electron chi connectivity index (χ1n) is 3.39. The zero-order valence-corrected chi connectivity index (χ0v) is 7.34. The second-order valence-electron chi connectivity index (χ2n) is 2.24. The fourth-order valence-corrected chi connectivity index (χ4v) is 0.988. The first-order chi connectivity index (χ1) is 5.72. The third kappa shape index (κ3) is 2.51. The molecule has 1 aromatic heterocycles. The summed E-state index contributed by atoms with van der Waals surface area (Å²) in [5.74, 6) is -0.280. The summed E-state index contributed by atoms with van der Waals surface area (Å²) in [4.78, 5) is 14.6. The summed E-state index contributed by atoms with van der Waals surface area (Å²) in [6, 6.07) is 3.36. The van der Waals surface area contributed by atoms with Crippen LogP contribution in [0.25, 0.3) is 0 Å². The Kier molecular flexibility index (Phi) is 3.05. The van der Waals surface area contributed by atoms with Crippen molar-refractivity contribution in [2.45, 2.75) is 6.42 Å². The van der Waals surface area contributed by atoms with Gasteiger partial charge in [0, 0.05) is 6.20 Å². The van der Waals surface area contributed by atoms with E-state index in [0.717, 1.165) is 5.56 Å². The van der Waals surface area contributed by atoms with E-state index in [2.05, 4.69) is 9.72 Å². The van der Waals surface area contributed by atoms with Crippen molar-refractivity contribution in [3.05, 3.63) is 29.0 Å². The molecule has 0 saturated carbocycles. The largest absolute Gasteiger partial charge is 0.469 e. The van der Waals surface area contributed by atoms with E-state index >= 15 is 0 Å². The molecule has 12 heavy (non-hydrogen) atoms. The van der Waals surface area contributed by atoms with Crippen molar-refractivity contribution in [2.24, 2.45) is 0 Å². The number of hydrogen-bond acceptors (Lipinski definition) is 3. The molecule has 64 valence electrons. The van der Waals surface area contributed by atoms with Gasteiger partial charge in [-0.05, 0) is 17.7 Å². The smallest absolute Gasteiger partial charge is 0.309 e. The third-order valence-corrected chi connectivity index (χ3v) is 1.57. The SMILES string of the molecule is COC(=O)Cc1ccnc(Cl)c1. The Balaban J connectivity index is 2.69. The molecule has 0 unspecified atom stereocenters. The maximum Gasteiger partial charge on any atom is 0.309 e. The molecule has 0 atom stereocenters. The van der Waals surface area contributed by atoms with Crippen LogP contribution in [-0.2, 0) is 16.0 Å². The van der Waals surface area contributed by atoms with Crippen LogP contribution in [0.4, 0.5) is 0 Å². The van der Waals surface area contributed by atoms with Crippen molar-refractivity contribution in [1.82, 2.24) is 4.98 Å². The molecule has 0 radical (unpaired) electrons. The van der Waals surface area contributed by atoms with E-state index in [0.29, 0.717) is 5.15 Å². The molecule has 0 aliphatic carbocycles. The summed E-state index contributed by atoms with van der Waals surface area (Å²) in [6.07, 6.45) is 1.79. The highest BCUT2D eigenvalue weighted by Crippen LogP contribution is 2.07. The van der Waals surface area contributed by atoms with Gasteiger partial charge in [-0.25, -0.2) is 4.98 Å². The average molecular weight is 186 g/mol. The molecule has 1 aromatic rings. The predicted octanol–water partition coefficient (Wildman–Crippen LogP) is 1.45. The lowest BCUT2D eigenvalue weighted by molar-refractivity contribution is -0.139. The van der Waals surface area contributed by atoms with Gasteiger partial charge in [0.1, 0.15) is 5.15 Å². The maximum atomic E-state index is 10.8. The van der Waals surface area contributed by atoms with Gasteiger partial charge in [0.15, 0.2) is 0 Å². The molecule has 4 heteroatoms. The van der Waals surface area contributed by atoms with Gasteiger partial charge in [0.05, 0.1) is 13.5 Å². The van der Waals surface area contributed by atoms with Gasteiger partial charge in [-0.15, -0.1) is 0 Å². The molecule has 0 aliphatic heterocycles. The molecule has 1 heterocycles. The number of carbonyl (C=O) groups excluding carboxylic acids is 1. The molecule has 0 fully saturated rings. The van der Waals surface area contributed by atoms with Crippen LogP contribution in [0.5, 0.6) is 0 Å². The fraction of sp³-hybridized carbons (Fsp3) is 0.250. The second-order valence-corrected chi connectivity index (χ2v) is 2.63. The number of carbonyl (C=O) groups is 1. The van der Waals surface area contributed by atoms with Crippen LogP contribution in [0.15, 0.2) is 18.3 Å². The number of halogens is 1. The highest BCUT2D eigenvalue weighted by atomic mass is 35.5. The van der Waals surface area contributed by atoms with Gasteiger partial charge in [0.2, 0.25) is 0 Å². The monoisotopic (exact) mass is 185 g/mol. The molecule has 0 spiro atoms. The number of nitrogens with zero attached hydrogens (tertiary/aromatic N) is 1. The van der Waals surface area contributed by atoms with Crippen LogP contribution < -0.4 is 0 Å². The third-order valence-electron chi connectivity index (χ3n) is 1.37. The predicted molar refractivity (Wildman–Crippen MR) is 45.0 cm³/mol. The van der Waals surface area contributed by atoms with Crippen molar-refractivity contribution in [3.63, 3.8) is 0 Å². The molecule has 3 nitrogen and oxygen atoms in total. The zero-order valence-electron chi connectivity index (χ0n) is 6.58. The van der Waals surface area contributed by atoms with E-state index in [1.54, 1.807) is 18.3 Å². The number of ether oxygens (including phenoxy) is 1. The van der Waals surface area contributed by atoms with Crippen molar-refractivity contribution >= 4 is 17.6 Å². The molecule has 0 aromatic carbocycles. The van der Waals surface area contributed by atoms with Crippen LogP contribution in [0, 0.1) is 0 Å². The van der Waals surface area contributed by atoms with Gasteiger partial charge in [-0.1, -0.05) is 11.6 Å². The summed E-state index contributed by atoms with van der Waals surface area (Å²) in [5.41, 5.74) is 0.807. The van der Waals surface area contributed by atoms with Gasteiger partial charge in [-0.2, -0.15) is 0 Å². The number of hydrogen-bond donors (Lipinski definition) is 0. The molecule has 0 bridgehead atoms. The topological polar surface area (TPSA) is 39.2 Å². The Morgan fingerprint density at radius 3 is 3.08 bits per heavy atom. The Morgan fingerprint density at radius 1 is 1.75 bits per heavy atom. The van der Waals surface area contributed by atoms with E-state index in [1.807, 2.05) is 0 Å². The van der Waals surface area contributed by atoms with Gasteiger partial charge >= 0.3 is 5.97 Å². The first-order valence-corrected chi connectivity index (χ1v) is 3.77. The number of esters is 1. The lowest BCUT2D eigenvalue weighted by Gasteiger charge is -1.98. The van der Waals surface area contributed by atoms with E-state index in [4.69, 9.17) is 11.6 Å². The van der Waals surface area contributed by atoms with E-state index in [1.165, 1.54) is 7.11 Å². The average Bonchev–Trinajstić information content (AvgIpc) is 2.04. The summed E-state index contributed by atoms with van der Waals surface area (Å²) in [5, 5.41) is 0.386. The van der Waals surface area contributed by atoms with Gasteiger partial charge in [-0.3, -0.25) is 4.79 Å². The number of methoxy groups -OCH3 is 1. The second kappa shape index (κ2) is 4.07. The van der Waals surface area contributed by atoms with Crippen LogP contribution >= 0.6 is 11.6 Å². The molecule has 1 rings (SSSR count). The van der Waals surface area contributed by atoms with Gasteiger partial charge < -0.3 is 4.74 Å². The summed E-state index contributed by atoms with van der Waals surface area (Å²) >= 11 is 5.61. The fourth-order valence-electron chi connectivity index (χ4n) is 0.791. The Labute approximate surface area is 75.3 Å². The molecule has 0 amide bonds. The van der Waals surface area contributed by atoms with Crippen molar-refractivity contribution in [3.8, 4) is 0 Å². The number of pyridine rings is 1. The molecular formula is C8H8ClNO2. The molecule has 0 N–H and O–H groups in total. The number of aromatic nitrogens is 1. The van der Waals surface area contributed by atoms with Crippen LogP contribution in [0.1, 0.15) is 5.56 Å². The maximum absolute atomic E-state index is 10.8. The lowest BCUT2D eigenvalue weighted by Crippen LogP contribution is -2.04. The molecule has 0 saturated heterocycles. The Bertz CT molecular complexity index is 288. The van der Waals surface area contributed by atoms with E-state index in [-0.39, 0.29) is 12.4 Å². The van der Waals surface area contributed by atoms with Crippen LogP contribution in [-0.4, -0.2) is 18.1 Å².